The van der Waals surface area contributed by atoms with Crippen LogP contribution in [0.15, 0.2) is 42.5 Å². The molecule has 0 radical (unpaired) electrons. The number of nitrogens with two attached hydrogens (primary N) is 1. The van der Waals surface area contributed by atoms with Crippen molar-refractivity contribution in [3.05, 3.63) is 53.1 Å². The van der Waals surface area contributed by atoms with Crippen LogP contribution in [0.1, 0.15) is 5.56 Å². The Morgan fingerprint density at radius 2 is 1.88 bits per heavy atom. The van der Waals surface area contributed by atoms with Gasteiger partial charge in [0.2, 0.25) is 0 Å². The number of ether oxygens (including phenoxy) is 1. The summed E-state index contributed by atoms with van der Waals surface area (Å²) < 4.78 is 5.13. The van der Waals surface area contributed by atoms with Crippen LogP contribution in [0, 0.1) is 0 Å². The van der Waals surface area contributed by atoms with E-state index in [2.05, 4.69) is 0 Å². The van der Waals surface area contributed by atoms with Crippen molar-refractivity contribution in [2.75, 3.05) is 7.11 Å². The molecule has 2 aromatic rings. The lowest BCUT2D eigenvalue weighted by Crippen LogP contribution is -1.98. The number of methoxy groups -OCH3 is 1. The Labute approximate surface area is 106 Å². The fourth-order valence-corrected chi connectivity index (χ4v) is 2.07. The van der Waals surface area contributed by atoms with Crippen molar-refractivity contribution in [3.63, 3.8) is 0 Å². The van der Waals surface area contributed by atoms with Gasteiger partial charge in [0, 0.05) is 12.1 Å². The Balaban J connectivity index is 2.53. The molecule has 0 amide bonds. The van der Waals surface area contributed by atoms with E-state index in [4.69, 9.17) is 22.1 Å². The second-order valence-electron chi connectivity index (χ2n) is 3.71. The highest BCUT2D eigenvalue weighted by Gasteiger charge is 2.08. The number of benzene rings is 2. The number of hydrogen-bond acceptors (Lipinski definition) is 2. The molecule has 0 fully saturated rings. The minimum Gasteiger partial charge on any atom is -0.497 e. The average Bonchev–Trinajstić information content (AvgIpc) is 2.38. The number of halogens is 1. The third kappa shape index (κ3) is 2.43. The molecule has 0 bridgehead atoms. The Kier molecular flexibility index (Phi) is 3.67. The summed E-state index contributed by atoms with van der Waals surface area (Å²) in [5.41, 5.74) is 8.86. The van der Waals surface area contributed by atoms with Gasteiger partial charge in [-0.25, -0.2) is 0 Å². The molecule has 2 rings (SSSR count). The molecule has 88 valence electrons. The van der Waals surface area contributed by atoms with Crippen LogP contribution in [0.5, 0.6) is 5.75 Å². The second kappa shape index (κ2) is 5.21. The first-order valence-corrected chi connectivity index (χ1v) is 5.76. The zero-order chi connectivity index (χ0) is 12.3. The summed E-state index contributed by atoms with van der Waals surface area (Å²) in [5.74, 6) is 0.754. The van der Waals surface area contributed by atoms with E-state index < -0.39 is 0 Å². The molecule has 0 unspecified atom stereocenters. The van der Waals surface area contributed by atoms with Crippen molar-refractivity contribution in [3.8, 4) is 16.9 Å². The molecule has 0 aliphatic heterocycles. The summed E-state index contributed by atoms with van der Waals surface area (Å²) in [6.07, 6.45) is 0. The van der Waals surface area contributed by atoms with Gasteiger partial charge < -0.3 is 10.5 Å². The quantitative estimate of drug-likeness (QED) is 0.901. The van der Waals surface area contributed by atoms with E-state index in [1.54, 1.807) is 7.11 Å². The van der Waals surface area contributed by atoms with Crippen molar-refractivity contribution in [1.82, 2.24) is 0 Å². The van der Waals surface area contributed by atoms with Crippen LogP contribution in [0.2, 0.25) is 5.02 Å². The molecule has 0 aliphatic carbocycles. The summed E-state index contributed by atoms with van der Waals surface area (Å²) >= 11 is 6.25. The molecule has 17 heavy (non-hydrogen) atoms. The first-order valence-electron chi connectivity index (χ1n) is 5.38. The van der Waals surface area contributed by atoms with Crippen molar-refractivity contribution >= 4 is 11.6 Å². The van der Waals surface area contributed by atoms with Gasteiger partial charge in [-0.05, 0) is 29.3 Å². The minimum absolute atomic E-state index is 0.499. The highest BCUT2D eigenvalue weighted by atomic mass is 35.5. The predicted octanol–water partition coefficient (Wildman–Crippen LogP) is 3.47. The molecule has 0 saturated heterocycles. The topological polar surface area (TPSA) is 35.2 Å². The Bertz CT molecular complexity index is 525. The fraction of sp³-hybridized carbons (Fsp3) is 0.143. The third-order valence-corrected chi connectivity index (χ3v) is 3.02. The molecule has 0 aromatic heterocycles. The molecule has 0 heterocycles. The Hall–Kier alpha value is -1.51. The van der Waals surface area contributed by atoms with Crippen LogP contribution in [0.4, 0.5) is 0 Å². The van der Waals surface area contributed by atoms with Crippen molar-refractivity contribution in [2.45, 2.75) is 6.54 Å². The molecule has 0 aliphatic rings. The lowest BCUT2D eigenvalue weighted by molar-refractivity contribution is 0.415. The van der Waals surface area contributed by atoms with Gasteiger partial charge in [-0.15, -0.1) is 0 Å². The Morgan fingerprint density at radius 1 is 1.12 bits per heavy atom. The van der Waals surface area contributed by atoms with Crippen LogP contribution in [-0.4, -0.2) is 7.11 Å². The monoisotopic (exact) mass is 247 g/mol. The SMILES string of the molecule is COc1ccc(-c2ccccc2CN)c(Cl)c1. The minimum atomic E-state index is 0.499. The molecule has 0 saturated carbocycles. The maximum atomic E-state index is 6.25. The first kappa shape index (κ1) is 12.0. The van der Waals surface area contributed by atoms with Gasteiger partial charge in [-0.1, -0.05) is 35.9 Å². The van der Waals surface area contributed by atoms with Crippen LogP contribution >= 0.6 is 11.6 Å². The molecule has 2 N–H and O–H groups in total. The summed E-state index contributed by atoms with van der Waals surface area (Å²) in [7, 11) is 1.62. The summed E-state index contributed by atoms with van der Waals surface area (Å²) in [6, 6.07) is 13.7. The molecular weight excluding hydrogens is 234 g/mol. The third-order valence-electron chi connectivity index (χ3n) is 2.70. The zero-order valence-electron chi connectivity index (χ0n) is 9.61. The van der Waals surface area contributed by atoms with Gasteiger partial charge in [0.15, 0.2) is 0 Å². The predicted molar refractivity (Wildman–Crippen MR) is 71.3 cm³/mol. The van der Waals surface area contributed by atoms with Gasteiger partial charge in [0.1, 0.15) is 5.75 Å². The van der Waals surface area contributed by atoms with Gasteiger partial charge in [0.05, 0.1) is 12.1 Å². The van der Waals surface area contributed by atoms with Crippen LogP contribution < -0.4 is 10.5 Å². The molecule has 2 aromatic carbocycles. The van der Waals surface area contributed by atoms with E-state index >= 15 is 0 Å². The lowest BCUT2D eigenvalue weighted by Gasteiger charge is -2.10. The van der Waals surface area contributed by atoms with Gasteiger partial charge >= 0.3 is 0 Å². The highest BCUT2D eigenvalue weighted by molar-refractivity contribution is 6.33. The molecule has 0 spiro atoms. The van der Waals surface area contributed by atoms with E-state index in [9.17, 15) is 0 Å². The van der Waals surface area contributed by atoms with Gasteiger partial charge in [0.25, 0.3) is 0 Å². The average molecular weight is 248 g/mol. The van der Waals surface area contributed by atoms with Crippen molar-refractivity contribution in [2.24, 2.45) is 5.73 Å². The van der Waals surface area contributed by atoms with E-state index in [0.29, 0.717) is 11.6 Å². The standard InChI is InChI=1S/C14H14ClNO/c1-17-11-6-7-13(14(15)8-11)12-5-3-2-4-10(12)9-16/h2-8H,9,16H2,1H3. The Morgan fingerprint density at radius 3 is 2.53 bits per heavy atom. The molecule has 2 nitrogen and oxygen atoms in total. The molecular formula is C14H14ClNO. The first-order chi connectivity index (χ1) is 8.26. The maximum Gasteiger partial charge on any atom is 0.120 e. The van der Waals surface area contributed by atoms with Crippen molar-refractivity contribution in [1.29, 1.82) is 0 Å². The zero-order valence-corrected chi connectivity index (χ0v) is 10.4. The second-order valence-corrected chi connectivity index (χ2v) is 4.11. The van der Waals surface area contributed by atoms with Crippen LogP contribution in [0.3, 0.4) is 0 Å². The number of hydrogen-bond donors (Lipinski definition) is 1. The fourth-order valence-electron chi connectivity index (χ4n) is 1.80. The summed E-state index contributed by atoms with van der Waals surface area (Å²) in [4.78, 5) is 0. The van der Waals surface area contributed by atoms with E-state index in [1.165, 1.54) is 0 Å². The van der Waals surface area contributed by atoms with Gasteiger partial charge in [-0.2, -0.15) is 0 Å². The highest BCUT2D eigenvalue weighted by Crippen LogP contribution is 2.32. The smallest absolute Gasteiger partial charge is 0.120 e. The van der Waals surface area contributed by atoms with Crippen LogP contribution in [-0.2, 0) is 6.54 Å². The normalized spacial score (nSPS) is 10.3. The largest absolute Gasteiger partial charge is 0.497 e. The van der Waals surface area contributed by atoms with E-state index in [0.717, 1.165) is 22.4 Å². The maximum absolute atomic E-state index is 6.25. The molecule has 0 atom stereocenters. The lowest BCUT2D eigenvalue weighted by atomic mass is 9.99. The van der Waals surface area contributed by atoms with Crippen molar-refractivity contribution < 1.29 is 4.74 Å². The molecule has 3 heteroatoms. The van der Waals surface area contributed by atoms with Gasteiger partial charge in [-0.3, -0.25) is 0 Å². The van der Waals surface area contributed by atoms with E-state index in [-0.39, 0.29) is 0 Å². The van der Waals surface area contributed by atoms with Crippen LogP contribution in [0.25, 0.3) is 11.1 Å². The van der Waals surface area contributed by atoms with E-state index in [1.807, 2.05) is 42.5 Å². The summed E-state index contributed by atoms with van der Waals surface area (Å²) in [6.45, 7) is 0.499. The summed E-state index contributed by atoms with van der Waals surface area (Å²) in [5, 5.41) is 0.672. The number of rotatable bonds is 3.